The highest BCUT2D eigenvalue weighted by atomic mass is 32.2. The second-order valence-electron chi connectivity index (χ2n) is 7.31. The Bertz CT molecular complexity index is 1200. The lowest BCUT2D eigenvalue weighted by Crippen LogP contribution is -2.38. The van der Waals surface area contributed by atoms with Gasteiger partial charge in [0.25, 0.3) is 5.91 Å². The second kappa shape index (κ2) is 9.91. The van der Waals surface area contributed by atoms with Gasteiger partial charge < -0.3 is 9.08 Å². The smallest absolute Gasteiger partial charge is 0.339 e. The lowest BCUT2D eigenvalue weighted by molar-refractivity contribution is 0.0666. The molecule has 5 nitrogen and oxygen atoms in total. The third-order valence-corrected chi connectivity index (χ3v) is 6.31. The van der Waals surface area contributed by atoms with E-state index in [1.54, 1.807) is 18.2 Å². The first kappa shape index (κ1) is 23.4. The van der Waals surface area contributed by atoms with Gasteiger partial charge in [0.2, 0.25) is 0 Å². The summed E-state index contributed by atoms with van der Waals surface area (Å²) in [6, 6.07) is 16.2. The summed E-state index contributed by atoms with van der Waals surface area (Å²) in [5.41, 5.74) is 0.584. The molecule has 0 saturated heterocycles. The van der Waals surface area contributed by atoms with Gasteiger partial charge in [0.05, 0.1) is 5.56 Å². The summed E-state index contributed by atoms with van der Waals surface area (Å²) in [4.78, 5) is 14.4. The minimum absolute atomic E-state index is 0.0286. The number of benzene rings is 3. The number of carbonyl (C=O) groups is 1. The van der Waals surface area contributed by atoms with Crippen LogP contribution in [0.3, 0.4) is 0 Å². The topological polar surface area (TPSA) is 63.7 Å². The van der Waals surface area contributed by atoms with Gasteiger partial charge in [0, 0.05) is 12.6 Å². The fraction of sp³-hybridized carbons (Fsp3) is 0.208. The maximum Gasteiger partial charge on any atom is 0.339 e. The predicted octanol–water partition coefficient (Wildman–Crippen LogP) is 5.17. The third kappa shape index (κ3) is 5.50. The van der Waals surface area contributed by atoms with Crippen LogP contribution >= 0.6 is 0 Å². The number of rotatable bonds is 8. The van der Waals surface area contributed by atoms with Crippen molar-refractivity contribution in [3.05, 3.63) is 95.6 Å². The van der Waals surface area contributed by atoms with E-state index in [1.807, 2.05) is 13.8 Å². The molecule has 0 aliphatic heterocycles. The Hall–Kier alpha value is -3.26. The van der Waals surface area contributed by atoms with Crippen LogP contribution in [0.5, 0.6) is 5.75 Å². The molecule has 168 valence electrons. The van der Waals surface area contributed by atoms with E-state index in [9.17, 15) is 22.0 Å². The van der Waals surface area contributed by atoms with Gasteiger partial charge in [-0.2, -0.15) is 8.42 Å². The molecule has 32 heavy (non-hydrogen) atoms. The van der Waals surface area contributed by atoms with E-state index in [1.165, 1.54) is 35.2 Å². The van der Waals surface area contributed by atoms with Crippen LogP contribution < -0.4 is 4.18 Å². The zero-order valence-electron chi connectivity index (χ0n) is 17.7. The molecule has 3 rings (SSSR count). The Balaban J connectivity index is 1.84. The van der Waals surface area contributed by atoms with E-state index >= 15 is 0 Å². The summed E-state index contributed by atoms with van der Waals surface area (Å²) < 4.78 is 57.4. The van der Waals surface area contributed by atoms with Crippen LogP contribution in [0.25, 0.3) is 0 Å². The fourth-order valence-corrected chi connectivity index (χ4v) is 4.03. The average Bonchev–Trinajstić information content (AvgIpc) is 2.77. The molecule has 0 aliphatic rings. The lowest BCUT2D eigenvalue weighted by atomic mass is 10.1. The van der Waals surface area contributed by atoms with Gasteiger partial charge in [-0.1, -0.05) is 31.2 Å². The van der Waals surface area contributed by atoms with E-state index in [2.05, 4.69) is 0 Å². The Morgan fingerprint density at radius 3 is 2.34 bits per heavy atom. The molecule has 3 aromatic carbocycles. The highest BCUT2D eigenvalue weighted by Gasteiger charge is 2.24. The fourth-order valence-electron chi connectivity index (χ4n) is 3.11. The number of hydrogen-bond acceptors (Lipinski definition) is 4. The number of halogens is 2. The first-order chi connectivity index (χ1) is 15.2. The van der Waals surface area contributed by atoms with Gasteiger partial charge in [-0.3, -0.25) is 4.79 Å². The second-order valence-corrected chi connectivity index (χ2v) is 8.86. The summed E-state index contributed by atoms with van der Waals surface area (Å²) in [5, 5.41) is 0. The van der Waals surface area contributed by atoms with E-state index in [0.29, 0.717) is 12.0 Å². The lowest BCUT2D eigenvalue weighted by Gasteiger charge is -2.29. The van der Waals surface area contributed by atoms with Gasteiger partial charge in [-0.25, -0.2) is 8.78 Å². The van der Waals surface area contributed by atoms with Crippen molar-refractivity contribution in [1.82, 2.24) is 4.90 Å². The number of carbonyl (C=O) groups excluding carboxylic acids is 1. The van der Waals surface area contributed by atoms with Crippen molar-refractivity contribution in [3.8, 4) is 5.75 Å². The summed E-state index contributed by atoms with van der Waals surface area (Å²) in [5.74, 6) is -1.57. The normalized spacial score (nSPS) is 12.2. The van der Waals surface area contributed by atoms with E-state index in [4.69, 9.17) is 4.18 Å². The summed E-state index contributed by atoms with van der Waals surface area (Å²) in [6.45, 7) is 3.91. The largest absolute Gasteiger partial charge is 0.379 e. The van der Waals surface area contributed by atoms with Crippen molar-refractivity contribution < 1.29 is 26.2 Å². The molecule has 1 atom stereocenters. The Labute approximate surface area is 186 Å². The standard InChI is InChI=1S/C24H23F2NO4S/c1-3-17(2)27(24(28)22-9-4-5-10-23(22)26)16-18-7-6-8-20(15-18)31-32(29,30)21-13-11-19(25)12-14-21/h4-15,17H,3,16H2,1-2H3. The van der Waals surface area contributed by atoms with Crippen LogP contribution in [0.4, 0.5) is 8.78 Å². The van der Waals surface area contributed by atoms with Gasteiger partial charge in [-0.15, -0.1) is 0 Å². The maximum absolute atomic E-state index is 14.2. The molecule has 0 N–H and O–H groups in total. The molecular formula is C24H23F2NO4S. The van der Waals surface area contributed by atoms with Crippen molar-refractivity contribution in [2.75, 3.05) is 0 Å². The first-order valence-corrected chi connectivity index (χ1v) is 11.5. The zero-order valence-corrected chi connectivity index (χ0v) is 18.5. The number of hydrogen-bond donors (Lipinski definition) is 0. The minimum atomic E-state index is -4.16. The Morgan fingerprint density at radius 1 is 1.00 bits per heavy atom. The highest BCUT2D eigenvalue weighted by molar-refractivity contribution is 7.87. The van der Waals surface area contributed by atoms with Gasteiger partial charge in [0.1, 0.15) is 22.3 Å². The molecule has 0 aliphatic carbocycles. The minimum Gasteiger partial charge on any atom is -0.379 e. The van der Waals surface area contributed by atoms with E-state index in [-0.39, 0.29) is 28.8 Å². The van der Waals surface area contributed by atoms with Crippen molar-refractivity contribution in [2.24, 2.45) is 0 Å². The zero-order chi connectivity index (χ0) is 23.3. The molecule has 8 heteroatoms. The first-order valence-electron chi connectivity index (χ1n) is 10.1. The van der Waals surface area contributed by atoms with Crippen LogP contribution in [-0.4, -0.2) is 25.3 Å². The molecule has 1 unspecified atom stereocenters. The third-order valence-electron chi connectivity index (χ3n) is 5.05. The van der Waals surface area contributed by atoms with Crippen molar-refractivity contribution in [1.29, 1.82) is 0 Å². The van der Waals surface area contributed by atoms with Crippen LogP contribution in [-0.2, 0) is 16.7 Å². The number of amides is 1. The van der Waals surface area contributed by atoms with Crippen LogP contribution in [0.15, 0.2) is 77.7 Å². The summed E-state index contributed by atoms with van der Waals surface area (Å²) in [7, 11) is -4.16. The Kier molecular flexibility index (Phi) is 7.25. The van der Waals surface area contributed by atoms with E-state index in [0.717, 1.165) is 24.3 Å². The molecule has 0 aromatic heterocycles. The average molecular weight is 460 g/mol. The molecular weight excluding hydrogens is 436 g/mol. The van der Waals surface area contributed by atoms with Crippen molar-refractivity contribution in [2.45, 2.75) is 37.8 Å². The summed E-state index contributed by atoms with van der Waals surface area (Å²) in [6.07, 6.45) is 0.648. The molecule has 1 amide bonds. The molecule has 0 heterocycles. The molecule has 0 spiro atoms. The molecule has 0 fully saturated rings. The van der Waals surface area contributed by atoms with Crippen molar-refractivity contribution >= 4 is 16.0 Å². The van der Waals surface area contributed by atoms with Gasteiger partial charge >= 0.3 is 10.1 Å². The van der Waals surface area contributed by atoms with Crippen LogP contribution in [0.2, 0.25) is 0 Å². The monoisotopic (exact) mass is 459 g/mol. The number of nitrogens with zero attached hydrogens (tertiary/aromatic N) is 1. The van der Waals surface area contributed by atoms with E-state index < -0.39 is 27.7 Å². The predicted molar refractivity (Wildman–Crippen MR) is 117 cm³/mol. The van der Waals surface area contributed by atoms with Crippen molar-refractivity contribution in [3.63, 3.8) is 0 Å². The van der Waals surface area contributed by atoms with Crippen LogP contribution in [0, 0.1) is 11.6 Å². The van der Waals surface area contributed by atoms with Gasteiger partial charge in [0.15, 0.2) is 0 Å². The SMILES string of the molecule is CCC(C)N(Cc1cccc(OS(=O)(=O)c2ccc(F)cc2)c1)C(=O)c1ccccc1F. The highest BCUT2D eigenvalue weighted by Crippen LogP contribution is 2.23. The maximum atomic E-state index is 14.2. The molecule has 0 bridgehead atoms. The quantitative estimate of drug-likeness (QED) is 0.436. The Morgan fingerprint density at radius 2 is 1.69 bits per heavy atom. The van der Waals surface area contributed by atoms with Gasteiger partial charge in [-0.05, 0) is 67.4 Å². The molecule has 0 saturated carbocycles. The molecule has 0 radical (unpaired) electrons. The summed E-state index contributed by atoms with van der Waals surface area (Å²) >= 11 is 0. The van der Waals surface area contributed by atoms with Crippen LogP contribution in [0.1, 0.15) is 36.2 Å². The molecule has 3 aromatic rings.